The zero-order valence-electron chi connectivity index (χ0n) is 12.9. The Kier molecular flexibility index (Phi) is 5.22. The molecule has 122 valence electrons. The predicted octanol–water partition coefficient (Wildman–Crippen LogP) is 1.48. The molecule has 23 heavy (non-hydrogen) atoms. The van der Waals surface area contributed by atoms with Crippen molar-refractivity contribution in [3.8, 4) is 0 Å². The van der Waals surface area contributed by atoms with Crippen molar-refractivity contribution in [2.24, 2.45) is 0 Å². The number of nitrogens with one attached hydrogen (secondary N) is 1. The molecule has 1 aliphatic heterocycles. The minimum Gasteiger partial charge on any atom is -0.375 e. The summed E-state index contributed by atoms with van der Waals surface area (Å²) in [7, 11) is 0. The second-order valence-electron chi connectivity index (χ2n) is 5.63. The van der Waals surface area contributed by atoms with Crippen molar-refractivity contribution in [1.29, 1.82) is 0 Å². The van der Waals surface area contributed by atoms with Crippen molar-refractivity contribution < 1.29 is 4.79 Å². The van der Waals surface area contributed by atoms with Gasteiger partial charge in [-0.2, -0.15) is 0 Å². The maximum Gasteiger partial charge on any atom is 0.238 e. The van der Waals surface area contributed by atoms with E-state index in [0.717, 1.165) is 38.4 Å². The number of anilines is 2. The van der Waals surface area contributed by atoms with Crippen LogP contribution >= 0.6 is 11.3 Å². The Morgan fingerprint density at radius 1 is 1.17 bits per heavy atom. The van der Waals surface area contributed by atoms with Crippen molar-refractivity contribution in [3.63, 3.8) is 0 Å². The number of benzene rings is 1. The number of thiazole rings is 1. The average molecular weight is 331 g/mol. The van der Waals surface area contributed by atoms with Gasteiger partial charge in [0.15, 0.2) is 5.13 Å². The van der Waals surface area contributed by atoms with Gasteiger partial charge in [0.2, 0.25) is 5.91 Å². The van der Waals surface area contributed by atoms with Gasteiger partial charge in [-0.15, -0.1) is 11.3 Å². The summed E-state index contributed by atoms with van der Waals surface area (Å²) in [4.78, 5) is 21.9. The van der Waals surface area contributed by atoms with E-state index < -0.39 is 0 Å². The van der Waals surface area contributed by atoms with Crippen LogP contribution in [0.15, 0.2) is 36.5 Å². The van der Waals surface area contributed by atoms with Gasteiger partial charge < -0.3 is 11.1 Å². The lowest BCUT2D eigenvalue weighted by Crippen LogP contribution is -2.48. The molecule has 0 saturated carbocycles. The highest BCUT2D eigenvalue weighted by Crippen LogP contribution is 2.17. The highest BCUT2D eigenvalue weighted by atomic mass is 32.1. The Bertz CT molecular complexity index is 637. The first-order valence-corrected chi connectivity index (χ1v) is 8.50. The van der Waals surface area contributed by atoms with E-state index in [1.54, 1.807) is 11.3 Å². The molecule has 0 atom stereocenters. The van der Waals surface area contributed by atoms with Crippen LogP contribution in [0.1, 0.15) is 4.88 Å². The van der Waals surface area contributed by atoms with Gasteiger partial charge in [0.1, 0.15) is 0 Å². The molecule has 1 saturated heterocycles. The molecule has 1 aromatic heterocycles. The molecule has 3 N–H and O–H groups in total. The molecule has 2 aromatic rings. The summed E-state index contributed by atoms with van der Waals surface area (Å²) < 4.78 is 0. The van der Waals surface area contributed by atoms with Gasteiger partial charge in [-0.25, -0.2) is 4.98 Å². The summed E-state index contributed by atoms with van der Waals surface area (Å²) in [5.74, 6) is 0.0416. The fraction of sp³-hybridized carbons (Fsp3) is 0.375. The first kappa shape index (κ1) is 15.9. The maximum atomic E-state index is 12.1. The number of nitrogen functional groups attached to an aromatic ring is 1. The second kappa shape index (κ2) is 7.54. The van der Waals surface area contributed by atoms with Gasteiger partial charge in [-0.3, -0.25) is 14.6 Å². The SMILES string of the molecule is Nc1ncc(CN2CCN(CC(=O)Nc3ccccc3)CC2)s1. The summed E-state index contributed by atoms with van der Waals surface area (Å²) >= 11 is 1.54. The largest absolute Gasteiger partial charge is 0.375 e. The molecule has 0 aliphatic carbocycles. The van der Waals surface area contributed by atoms with E-state index >= 15 is 0 Å². The van der Waals surface area contributed by atoms with Crippen molar-refractivity contribution in [2.75, 3.05) is 43.8 Å². The lowest BCUT2D eigenvalue weighted by atomic mass is 10.3. The topological polar surface area (TPSA) is 74.5 Å². The summed E-state index contributed by atoms with van der Waals surface area (Å²) in [5, 5.41) is 3.55. The molecule has 2 heterocycles. The van der Waals surface area contributed by atoms with Crippen LogP contribution in [0.3, 0.4) is 0 Å². The van der Waals surface area contributed by atoms with Crippen molar-refractivity contribution >= 4 is 28.1 Å². The zero-order chi connectivity index (χ0) is 16.1. The Hall–Kier alpha value is -1.96. The Morgan fingerprint density at radius 3 is 2.52 bits per heavy atom. The first-order valence-electron chi connectivity index (χ1n) is 7.69. The number of rotatable bonds is 5. The Balaban J connectivity index is 1.41. The van der Waals surface area contributed by atoms with Crippen LogP contribution in [0.2, 0.25) is 0 Å². The van der Waals surface area contributed by atoms with Crippen LogP contribution in [0.5, 0.6) is 0 Å². The quantitative estimate of drug-likeness (QED) is 0.868. The van der Waals surface area contributed by atoms with Gasteiger partial charge in [0.05, 0.1) is 6.54 Å². The predicted molar refractivity (Wildman–Crippen MR) is 93.3 cm³/mol. The molecule has 6 nitrogen and oxygen atoms in total. The van der Waals surface area contributed by atoms with Crippen LogP contribution in [-0.2, 0) is 11.3 Å². The summed E-state index contributed by atoms with van der Waals surface area (Å²) in [6, 6.07) is 9.57. The molecule has 0 spiro atoms. The van der Waals surface area contributed by atoms with Gasteiger partial charge >= 0.3 is 0 Å². The molecular formula is C16H21N5OS. The van der Waals surface area contributed by atoms with Gasteiger partial charge in [0, 0.05) is 49.5 Å². The number of nitrogens with two attached hydrogens (primary N) is 1. The van der Waals surface area contributed by atoms with Crippen molar-refractivity contribution in [3.05, 3.63) is 41.4 Å². The lowest BCUT2D eigenvalue weighted by molar-refractivity contribution is -0.117. The van der Waals surface area contributed by atoms with Gasteiger partial charge in [0.25, 0.3) is 0 Å². The third-order valence-electron chi connectivity index (χ3n) is 3.84. The minimum absolute atomic E-state index is 0.0416. The number of carbonyl (C=O) groups is 1. The normalized spacial score (nSPS) is 16.3. The Labute approximate surface area is 139 Å². The molecule has 1 fully saturated rings. The highest BCUT2D eigenvalue weighted by molar-refractivity contribution is 7.15. The van der Waals surface area contributed by atoms with E-state index in [4.69, 9.17) is 5.73 Å². The fourth-order valence-corrected chi connectivity index (χ4v) is 3.37. The molecule has 1 amide bonds. The number of para-hydroxylation sites is 1. The summed E-state index contributed by atoms with van der Waals surface area (Å²) in [5.41, 5.74) is 6.51. The molecule has 7 heteroatoms. The van der Waals surface area contributed by atoms with E-state index in [1.807, 2.05) is 36.5 Å². The molecule has 1 aromatic carbocycles. The molecular weight excluding hydrogens is 310 g/mol. The maximum absolute atomic E-state index is 12.1. The summed E-state index contributed by atoms with van der Waals surface area (Å²) in [6.45, 7) is 5.04. The monoisotopic (exact) mass is 331 g/mol. The second-order valence-corrected chi connectivity index (χ2v) is 6.78. The van der Waals surface area contributed by atoms with Crippen LogP contribution in [0.4, 0.5) is 10.8 Å². The molecule has 0 bridgehead atoms. The third kappa shape index (κ3) is 4.75. The standard InChI is InChI=1S/C16H21N5OS/c17-16-18-10-14(23-16)11-20-6-8-21(9-7-20)12-15(22)19-13-4-2-1-3-5-13/h1-5,10H,6-9,11-12H2,(H2,17,18)(H,19,22). The molecule has 3 rings (SSSR count). The molecule has 0 unspecified atom stereocenters. The fourth-order valence-electron chi connectivity index (χ4n) is 2.65. The van der Waals surface area contributed by atoms with E-state index in [2.05, 4.69) is 20.1 Å². The first-order chi connectivity index (χ1) is 11.2. The average Bonchev–Trinajstić information content (AvgIpc) is 2.95. The smallest absolute Gasteiger partial charge is 0.238 e. The van der Waals surface area contributed by atoms with Crippen molar-refractivity contribution in [1.82, 2.24) is 14.8 Å². The number of hydrogen-bond acceptors (Lipinski definition) is 6. The van der Waals surface area contributed by atoms with Gasteiger partial charge in [-0.1, -0.05) is 18.2 Å². The van der Waals surface area contributed by atoms with Crippen LogP contribution < -0.4 is 11.1 Å². The molecule has 1 aliphatic rings. The van der Waals surface area contributed by atoms with E-state index in [0.29, 0.717) is 11.7 Å². The van der Waals surface area contributed by atoms with E-state index in [9.17, 15) is 4.79 Å². The Morgan fingerprint density at radius 2 is 1.87 bits per heavy atom. The highest BCUT2D eigenvalue weighted by Gasteiger charge is 2.19. The number of hydrogen-bond donors (Lipinski definition) is 2. The van der Waals surface area contributed by atoms with Gasteiger partial charge in [-0.05, 0) is 12.1 Å². The number of piperazine rings is 1. The number of aromatic nitrogens is 1. The summed E-state index contributed by atoms with van der Waals surface area (Å²) in [6.07, 6.45) is 1.85. The van der Waals surface area contributed by atoms with Crippen LogP contribution in [0.25, 0.3) is 0 Å². The van der Waals surface area contributed by atoms with Crippen LogP contribution in [-0.4, -0.2) is 53.4 Å². The van der Waals surface area contributed by atoms with Crippen molar-refractivity contribution in [2.45, 2.75) is 6.54 Å². The van der Waals surface area contributed by atoms with E-state index in [1.165, 1.54) is 4.88 Å². The number of carbonyl (C=O) groups excluding carboxylic acids is 1. The van der Waals surface area contributed by atoms with Crippen LogP contribution in [0, 0.1) is 0 Å². The number of amides is 1. The van der Waals surface area contributed by atoms with E-state index in [-0.39, 0.29) is 5.91 Å². The zero-order valence-corrected chi connectivity index (χ0v) is 13.8. The molecule has 0 radical (unpaired) electrons. The lowest BCUT2D eigenvalue weighted by Gasteiger charge is -2.33. The number of nitrogens with zero attached hydrogens (tertiary/aromatic N) is 3. The minimum atomic E-state index is 0.0416. The third-order valence-corrected chi connectivity index (χ3v) is 4.65.